The number of aromatic nitrogens is 3. The number of piperidine rings is 1. The number of anilines is 1. The first-order chi connectivity index (χ1) is 19.3. The van der Waals surface area contributed by atoms with Gasteiger partial charge in [-0.05, 0) is 63.1 Å². The van der Waals surface area contributed by atoms with Crippen molar-refractivity contribution in [2.75, 3.05) is 57.1 Å². The van der Waals surface area contributed by atoms with E-state index < -0.39 is 21.6 Å². The Hall–Kier alpha value is -2.93. The molecule has 1 saturated carbocycles. The van der Waals surface area contributed by atoms with Crippen molar-refractivity contribution >= 4 is 32.5 Å². The van der Waals surface area contributed by atoms with Crippen LogP contribution in [0.3, 0.4) is 0 Å². The molecule has 12 heteroatoms. The lowest BCUT2D eigenvalue weighted by Crippen LogP contribution is -2.49. The predicted octanol–water partition coefficient (Wildman–Crippen LogP) is 2.86. The summed E-state index contributed by atoms with van der Waals surface area (Å²) in [6.45, 7) is 5.02. The third-order valence-corrected chi connectivity index (χ3v) is 9.76. The van der Waals surface area contributed by atoms with Gasteiger partial charge >= 0.3 is 0 Å². The monoisotopic (exact) mass is 570 g/mol. The minimum atomic E-state index is -3.78. The van der Waals surface area contributed by atoms with Crippen molar-refractivity contribution in [3.8, 4) is 5.69 Å². The SMILES string of the molecule is CNS(=O)(=O)CC(=O)c1cc(N2CCC(N3CCOCC3)CC2)c2c(C3CCC3)nn(-c3ccc(F)cc3)c2n1. The van der Waals surface area contributed by atoms with Gasteiger partial charge in [-0.3, -0.25) is 9.69 Å². The predicted molar refractivity (Wildman–Crippen MR) is 150 cm³/mol. The van der Waals surface area contributed by atoms with Gasteiger partial charge in [-0.1, -0.05) is 6.42 Å². The first kappa shape index (κ1) is 27.3. The fourth-order valence-corrected chi connectivity index (χ4v) is 6.62. The Bertz CT molecular complexity index is 1490. The van der Waals surface area contributed by atoms with Crippen LogP contribution in [0.5, 0.6) is 0 Å². The van der Waals surface area contributed by atoms with Crippen molar-refractivity contribution < 1.29 is 22.3 Å². The number of morpholine rings is 1. The average molecular weight is 571 g/mol. The summed E-state index contributed by atoms with van der Waals surface area (Å²) in [5.74, 6) is -1.36. The number of sulfonamides is 1. The van der Waals surface area contributed by atoms with Crippen LogP contribution >= 0.6 is 0 Å². The van der Waals surface area contributed by atoms with Crippen LogP contribution in [0.4, 0.5) is 10.1 Å². The summed E-state index contributed by atoms with van der Waals surface area (Å²) in [4.78, 5) is 22.8. The van der Waals surface area contributed by atoms with Crippen molar-refractivity contribution in [1.29, 1.82) is 0 Å². The summed E-state index contributed by atoms with van der Waals surface area (Å²) >= 11 is 0. The van der Waals surface area contributed by atoms with E-state index in [9.17, 15) is 17.6 Å². The van der Waals surface area contributed by atoms with E-state index in [1.54, 1.807) is 22.9 Å². The molecule has 6 rings (SSSR count). The number of halogens is 1. The Kier molecular flexibility index (Phi) is 7.60. The zero-order valence-electron chi connectivity index (χ0n) is 22.7. The van der Waals surface area contributed by atoms with E-state index in [0.29, 0.717) is 17.4 Å². The fraction of sp³-hybridized carbons (Fsp3) is 0.536. The van der Waals surface area contributed by atoms with Crippen molar-refractivity contribution in [3.63, 3.8) is 0 Å². The van der Waals surface area contributed by atoms with E-state index in [1.165, 1.54) is 19.2 Å². The minimum absolute atomic E-state index is 0.0834. The first-order valence-electron chi connectivity index (χ1n) is 14.0. The normalized spacial score (nSPS) is 19.7. The number of Topliss-reactive ketones (excluding diaryl/α,β-unsaturated/α-hetero) is 1. The zero-order valence-corrected chi connectivity index (χ0v) is 23.5. The molecule has 1 aromatic carbocycles. The lowest BCUT2D eigenvalue weighted by atomic mass is 9.82. The standard InChI is InChI=1S/C28H35FN6O4S/c1-30-40(37,38)18-25(36)23-17-24(34-11-9-21(10-12-34)33-13-15-39-16-14-33)26-27(19-3-2-4-19)32-35(28(26)31-23)22-7-5-20(29)6-8-22/h5-8,17,19,21,30H,2-4,9-16,18H2,1H3. The number of rotatable bonds is 8. The highest BCUT2D eigenvalue weighted by Crippen LogP contribution is 2.43. The molecular weight excluding hydrogens is 535 g/mol. The van der Waals surface area contributed by atoms with Gasteiger partial charge < -0.3 is 9.64 Å². The highest BCUT2D eigenvalue weighted by atomic mass is 32.2. The number of carbonyl (C=O) groups is 1. The summed E-state index contributed by atoms with van der Waals surface area (Å²) < 4.78 is 47.7. The third kappa shape index (κ3) is 5.37. The molecule has 2 saturated heterocycles. The maximum Gasteiger partial charge on any atom is 0.218 e. The number of carbonyl (C=O) groups excluding carboxylic acids is 1. The highest BCUT2D eigenvalue weighted by molar-refractivity contribution is 7.90. The molecular formula is C28H35FN6O4S. The highest BCUT2D eigenvalue weighted by Gasteiger charge is 2.33. The summed E-state index contributed by atoms with van der Waals surface area (Å²) in [6, 6.07) is 8.26. The molecule has 3 aliphatic rings. The molecule has 3 fully saturated rings. The number of nitrogens with zero attached hydrogens (tertiary/aromatic N) is 5. The van der Waals surface area contributed by atoms with E-state index in [-0.39, 0.29) is 17.4 Å². The molecule has 0 unspecified atom stereocenters. The molecule has 0 radical (unpaired) electrons. The molecule has 4 heterocycles. The first-order valence-corrected chi connectivity index (χ1v) is 15.7. The average Bonchev–Trinajstić information content (AvgIpc) is 3.31. The maximum atomic E-state index is 13.8. The second-order valence-electron chi connectivity index (χ2n) is 10.9. The molecule has 2 aromatic heterocycles. The van der Waals surface area contributed by atoms with Crippen LogP contribution < -0.4 is 9.62 Å². The number of fused-ring (bicyclic) bond motifs is 1. The number of hydrogen-bond acceptors (Lipinski definition) is 8. The van der Waals surface area contributed by atoms with Crippen LogP contribution in [0.15, 0.2) is 30.3 Å². The van der Waals surface area contributed by atoms with E-state index in [4.69, 9.17) is 14.8 Å². The number of benzene rings is 1. The molecule has 2 aliphatic heterocycles. The lowest BCUT2D eigenvalue weighted by molar-refractivity contribution is 0.0115. The second kappa shape index (κ2) is 11.2. The molecule has 10 nitrogen and oxygen atoms in total. The third-order valence-electron chi connectivity index (χ3n) is 8.49. The van der Waals surface area contributed by atoms with E-state index in [1.807, 2.05) is 0 Å². The molecule has 3 aromatic rings. The number of ketones is 1. The van der Waals surface area contributed by atoms with E-state index >= 15 is 0 Å². The van der Waals surface area contributed by atoms with Gasteiger partial charge in [0.25, 0.3) is 0 Å². The van der Waals surface area contributed by atoms with Crippen molar-refractivity contribution in [2.45, 2.75) is 44.1 Å². The van der Waals surface area contributed by atoms with Gasteiger partial charge in [0.05, 0.1) is 35.7 Å². The Morgan fingerprint density at radius 2 is 1.77 bits per heavy atom. The van der Waals surface area contributed by atoms with Crippen molar-refractivity contribution in [2.24, 2.45) is 0 Å². The summed E-state index contributed by atoms with van der Waals surface area (Å²) in [5, 5.41) is 5.88. The molecule has 0 atom stereocenters. The molecule has 0 bridgehead atoms. The maximum absolute atomic E-state index is 13.8. The molecule has 40 heavy (non-hydrogen) atoms. The summed E-state index contributed by atoms with van der Waals surface area (Å²) in [6.07, 6.45) is 5.13. The topological polar surface area (TPSA) is 110 Å². The van der Waals surface area contributed by atoms with E-state index in [2.05, 4.69) is 14.5 Å². The van der Waals surface area contributed by atoms with Crippen LogP contribution in [-0.2, 0) is 14.8 Å². The largest absolute Gasteiger partial charge is 0.379 e. The van der Waals surface area contributed by atoms with Crippen LogP contribution in [-0.4, -0.2) is 92.1 Å². The Balaban J connectivity index is 1.44. The Morgan fingerprint density at radius 1 is 1.07 bits per heavy atom. The molecule has 0 spiro atoms. The molecule has 214 valence electrons. The minimum Gasteiger partial charge on any atom is -0.379 e. The van der Waals surface area contributed by atoms with Gasteiger partial charge in [0.2, 0.25) is 10.0 Å². The van der Waals surface area contributed by atoms with E-state index in [0.717, 1.165) is 88.3 Å². The van der Waals surface area contributed by atoms with Crippen LogP contribution in [0.2, 0.25) is 0 Å². The van der Waals surface area contributed by atoms with Crippen molar-refractivity contribution in [3.05, 3.63) is 47.5 Å². The number of hydrogen-bond donors (Lipinski definition) is 1. The fourth-order valence-electron chi connectivity index (χ4n) is 5.98. The van der Waals surface area contributed by atoms with Gasteiger partial charge in [-0.2, -0.15) is 5.10 Å². The number of ether oxygens (including phenoxy) is 1. The zero-order chi connectivity index (χ0) is 27.9. The quantitative estimate of drug-likeness (QED) is 0.412. The molecule has 1 N–H and O–H groups in total. The van der Waals surface area contributed by atoms with Gasteiger partial charge in [0.15, 0.2) is 11.4 Å². The van der Waals surface area contributed by atoms with Crippen molar-refractivity contribution in [1.82, 2.24) is 24.4 Å². The Labute approximate surface area is 233 Å². The number of nitrogens with one attached hydrogen (secondary N) is 1. The molecule has 0 amide bonds. The van der Waals surface area contributed by atoms with Crippen LogP contribution in [0.25, 0.3) is 16.7 Å². The van der Waals surface area contributed by atoms with Gasteiger partial charge in [-0.25, -0.2) is 27.2 Å². The number of pyridine rings is 1. The molecule has 1 aliphatic carbocycles. The van der Waals surface area contributed by atoms with Crippen LogP contribution in [0, 0.1) is 5.82 Å². The van der Waals surface area contributed by atoms with Gasteiger partial charge in [-0.15, -0.1) is 0 Å². The summed E-state index contributed by atoms with van der Waals surface area (Å²) in [5.41, 5.74) is 3.01. The van der Waals surface area contributed by atoms with Crippen LogP contribution in [0.1, 0.15) is 54.2 Å². The lowest BCUT2D eigenvalue weighted by Gasteiger charge is -2.41. The second-order valence-corrected chi connectivity index (χ2v) is 12.8. The van der Waals surface area contributed by atoms with Gasteiger partial charge in [0.1, 0.15) is 17.3 Å². The smallest absolute Gasteiger partial charge is 0.218 e. The Morgan fingerprint density at radius 3 is 2.40 bits per heavy atom. The summed E-state index contributed by atoms with van der Waals surface area (Å²) in [7, 11) is -2.49. The van der Waals surface area contributed by atoms with Gasteiger partial charge in [0, 0.05) is 38.1 Å².